The zero-order chi connectivity index (χ0) is 11.3. The van der Waals surface area contributed by atoms with Crippen molar-refractivity contribution in [2.75, 3.05) is 11.5 Å². The summed E-state index contributed by atoms with van der Waals surface area (Å²) < 4.78 is 8.73. The highest BCUT2D eigenvalue weighted by Crippen LogP contribution is 2.29. The molecule has 0 saturated carbocycles. The van der Waals surface area contributed by atoms with Crippen LogP contribution in [0.15, 0.2) is 0 Å². The normalized spacial score (nSPS) is 23.1. The maximum Gasteiger partial charge on any atom is 0.189 e. The summed E-state index contributed by atoms with van der Waals surface area (Å²) in [4.78, 5) is 22.8. The number of Topliss-reactive ketones (excluding diaryl/α,β-unsaturated/α-hetero) is 1. The lowest BCUT2D eigenvalue weighted by molar-refractivity contribution is -0.123. The molecule has 15 heavy (non-hydrogen) atoms. The fourth-order valence-corrected chi connectivity index (χ4v) is 3.29. The van der Waals surface area contributed by atoms with Gasteiger partial charge in [0.25, 0.3) is 0 Å². The second-order valence-corrected chi connectivity index (χ2v) is 5.49. The first kappa shape index (κ1) is 13.1. The Morgan fingerprint density at radius 1 is 1.73 bits per heavy atom. The van der Waals surface area contributed by atoms with Gasteiger partial charge in [-0.25, -0.2) is 0 Å². The first-order valence-corrected chi connectivity index (χ1v) is 7.04. The summed E-state index contributed by atoms with van der Waals surface area (Å²) in [5.41, 5.74) is 0. The molecule has 1 N–H and O–H groups in total. The first-order chi connectivity index (χ1) is 7.17. The topological polar surface area (TPSA) is 54.4 Å². The van der Waals surface area contributed by atoms with Crippen molar-refractivity contribution in [3.63, 3.8) is 0 Å². The minimum Gasteiger partial charge on any atom is -0.330 e. The molecule has 1 rings (SSSR count). The lowest BCUT2D eigenvalue weighted by Crippen LogP contribution is -2.19. The maximum atomic E-state index is 11.8. The third-order valence-corrected chi connectivity index (χ3v) is 4.33. The minimum atomic E-state index is -0.0549. The molecule has 86 valence electrons. The smallest absolute Gasteiger partial charge is 0.189 e. The van der Waals surface area contributed by atoms with Gasteiger partial charge in [-0.1, -0.05) is 18.7 Å². The summed E-state index contributed by atoms with van der Waals surface area (Å²) >= 11 is 2.06. The predicted octanol–water partition coefficient (Wildman–Crippen LogP) is 2.46. The molecular formula is C10H16O3S2. The van der Waals surface area contributed by atoms with Crippen LogP contribution in [0, 0.1) is 11.8 Å². The quantitative estimate of drug-likeness (QED) is 0.732. The van der Waals surface area contributed by atoms with Crippen molar-refractivity contribution in [3.05, 3.63) is 0 Å². The van der Waals surface area contributed by atoms with Gasteiger partial charge in [-0.2, -0.15) is 0 Å². The Bertz CT molecular complexity index is 243. The van der Waals surface area contributed by atoms with E-state index < -0.39 is 0 Å². The standard InChI is InChI=1S/C10H16O3S2/c1-2-8(6-15-13)9(11)3-7-4-10(12)14-5-7/h7-8,13H,2-6H2,1H3. The number of hydrogen-bond acceptors (Lipinski definition) is 5. The van der Waals surface area contributed by atoms with Crippen LogP contribution in [-0.4, -0.2) is 27.0 Å². The van der Waals surface area contributed by atoms with E-state index in [1.807, 2.05) is 6.92 Å². The van der Waals surface area contributed by atoms with E-state index in [-0.39, 0.29) is 22.7 Å². The average molecular weight is 248 g/mol. The van der Waals surface area contributed by atoms with Crippen LogP contribution in [0.1, 0.15) is 26.2 Å². The zero-order valence-corrected chi connectivity index (χ0v) is 10.4. The van der Waals surface area contributed by atoms with Gasteiger partial charge in [-0.3, -0.25) is 9.59 Å². The number of ketones is 1. The summed E-state index contributed by atoms with van der Waals surface area (Å²) in [7, 11) is 0. The molecule has 0 aromatic carbocycles. The second-order valence-electron chi connectivity index (χ2n) is 3.82. The Morgan fingerprint density at radius 2 is 2.47 bits per heavy atom. The monoisotopic (exact) mass is 248 g/mol. The molecule has 0 amide bonds. The van der Waals surface area contributed by atoms with E-state index in [1.54, 1.807) is 0 Å². The maximum absolute atomic E-state index is 11.8. The van der Waals surface area contributed by atoms with Gasteiger partial charge in [-0.05, 0) is 24.4 Å². The van der Waals surface area contributed by atoms with E-state index in [4.69, 9.17) is 4.55 Å². The third-order valence-electron chi connectivity index (χ3n) is 2.65. The van der Waals surface area contributed by atoms with E-state index in [2.05, 4.69) is 0 Å². The summed E-state index contributed by atoms with van der Waals surface area (Å²) in [5.74, 6) is 1.63. The van der Waals surface area contributed by atoms with Crippen LogP contribution in [0.2, 0.25) is 0 Å². The van der Waals surface area contributed by atoms with Crippen molar-refractivity contribution < 1.29 is 14.1 Å². The van der Waals surface area contributed by atoms with Crippen LogP contribution < -0.4 is 0 Å². The van der Waals surface area contributed by atoms with Crippen molar-refractivity contribution >= 4 is 34.7 Å². The lowest BCUT2D eigenvalue weighted by Gasteiger charge is -2.13. The van der Waals surface area contributed by atoms with E-state index in [0.29, 0.717) is 18.6 Å². The molecule has 0 radical (unpaired) electrons. The number of rotatable bonds is 6. The number of thioether (sulfide) groups is 1. The molecule has 1 fully saturated rings. The summed E-state index contributed by atoms with van der Waals surface area (Å²) in [5, 5.41) is 0.206. The Labute approximate surface area is 98.6 Å². The Kier molecular flexibility index (Phi) is 5.71. The van der Waals surface area contributed by atoms with Gasteiger partial charge in [0.1, 0.15) is 5.78 Å². The zero-order valence-electron chi connectivity index (χ0n) is 8.77. The molecule has 1 saturated heterocycles. The van der Waals surface area contributed by atoms with E-state index in [0.717, 1.165) is 24.2 Å². The van der Waals surface area contributed by atoms with Gasteiger partial charge in [-0.15, -0.1) is 0 Å². The molecule has 1 heterocycles. The largest absolute Gasteiger partial charge is 0.330 e. The molecule has 1 aliphatic heterocycles. The first-order valence-electron chi connectivity index (χ1n) is 5.12. The van der Waals surface area contributed by atoms with Crippen molar-refractivity contribution in [1.29, 1.82) is 0 Å². The van der Waals surface area contributed by atoms with Gasteiger partial charge >= 0.3 is 0 Å². The van der Waals surface area contributed by atoms with Gasteiger partial charge in [0.2, 0.25) is 0 Å². The van der Waals surface area contributed by atoms with E-state index >= 15 is 0 Å². The van der Waals surface area contributed by atoms with Crippen LogP contribution in [-0.2, 0) is 9.59 Å². The predicted molar refractivity (Wildman–Crippen MR) is 64.1 cm³/mol. The SMILES string of the molecule is CCC(CSO)C(=O)CC1CSC(=O)C1. The van der Waals surface area contributed by atoms with E-state index in [1.165, 1.54) is 11.8 Å². The lowest BCUT2D eigenvalue weighted by atomic mass is 9.93. The molecule has 0 aromatic heterocycles. The highest BCUT2D eigenvalue weighted by Gasteiger charge is 2.27. The van der Waals surface area contributed by atoms with Crippen LogP contribution in [0.25, 0.3) is 0 Å². The molecule has 0 aromatic rings. The van der Waals surface area contributed by atoms with Crippen LogP contribution in [0.3, 0.4) is 0 Å². The molecule has 3 nitrogen and oxygen atoms in total. The fraction of sp³-hybridized carbons (Fsp3) is 0.800. The summed E-state index contributed by atoms with van der Waals surface area (Å²) in [6, 6.07) is 0. The molecule has 2 unspecified atom stereocenters. The number of carbonyl (C=O) groups excluding carboxylic acids is 2. The highest BCUT2D eigenvalue weighted by molar-refractivity contribution is 8.14. The van der Waals surface area contributed by atoms with Crippen LogP contribution >= 0.6 is 23.8 Å². The number of hydrogen-bond donors (Lipinski definition) is 1. The molecule has 0 spiro atoms. The Hall–Kier alpha value is -0.0000000000000000555. The fourth-order valence-electron chi connectivity index (χ4n) is 1.68. The molecule has 5 heteroatoms. The third kappa shape index (κ3) is 4.17. The van der Waals surface area contributed by atoms with Gasteiger partial charge in [0.15, 0.2) is 5.12 Å². The summed E-state index contributed by atoms with van der Waals surface area (Å²) in [6.07, 6.45) is 1.80. The Balaban J connectivity index is 2.36. The molecule has 1 aliphatic rings. The van der Waals surface area contributed by atoms with Gasteiger partial charge in [0.05, 0.1) is 0 Å². The molecule has 0 aliphatic carbocycles. The van der Waals surface area contributed by atoms with Crippen molar-refractivity contribution in [2.45, 2.75) is 26.2 Å². The average Bonchev–Trinajstić information content (AvgIpc) is 2.60. The summed E-state index contributed by atoms with van der Waals surface area (Å²) in [6.45, 7) is 1.95. The molecule has 2 atom stereocenters. The highest BCUT2D eigenvalue weighted by atomic mass is 32.2. The van der Waals surface area contributed by atoms with Gasteiger partial charge < -0.3 is 4.55 Å². The van der Waals surface area contributed by atoms with Crippen LogP contribution in [0.4, 0.5) is 0 Å². The van der Waals surface area contributed by atoms with Crippen molar-refractivity contribution in [2.24, 2.45) is 11.8 Å². The van der Waals surface area contributed by atoms with E-state index in [9.17, 15) is 9.59 Å². The molecular weight excluding hydrogens is 232 g/mol. The molecule has 0 bridgehead atoms. The Morgan fingerprint density at radius 3 is 2.93 bits per heavy atom. The van der Waals surface area contributed by atoms with Crippen LogP contribution in [0.5, 0.6) is 0 Å². The number of carbonyl (C=O) groups is 2. The van der Waals surface area contributed by atoms with Crippen molar-refractivity contribution in [3.8, 4) is 0 Å². The minimum absolute atomic E-state index is 0.0549. The second kappa shape index (κ2) is 6.55. The van der Waals surface area contributed by atoms with Crippen molar-refractivity contribution in [1.82, 2.24) is 0 Å². The van der Waals surface area contributed by atoms with Gasteiger partial charge in [0, 0.05) is 30.3 Å².